The quantitative estimate of drug-likeness (QED) is 0.548. The Labute approximate surface area is 188 Å². The average Bonchev–Trinajstić information content (AvgIpc) is 3.42. The first kappa shape index (κ1) is 23.1. The number of piperidine rings is 1. The number of aromatic nitrogens is 2. The van der Waals surface area contributed by atoms with Gasteiger partial charge in [0.05, 0.1) is 27.6 Å². The van der Waals surface area contributed by atoms with Crippen LogP contribution in [0.1, 0.15) is 43.1 Å². The van der Waals surface area contributed by atoms with Crippen LogP contribution in [0.5, 0.6) is 0 Å². The van der Waals surface area contributed by atoms with Crippen molar-refractivity contribution in [3.63, 3.8) is 0 Å². The van der Waals surface area contributed by atoms with Crippen LogP contribution in [0, 0.1) is 0 Å². The van der Waals surface area contributed by atoms with E-state index in [0.29, 0.717) is 10.8 Å². The average molecular weight is 422 g/mol. The molecule has 2 N–H and O–H groups in total. The van der Waals surface area contributed by atoms with Crippen molar-refractivity contribution in [3.8, 4) is 0 Å². The first-order chi connectivity index (χ1) is 13.5. The van der Waals surface area contributed by atoms with Crippen LogP contribution in [-0.4, -0.2) is 34.9 Å². The summed E-state index contributed by atoms with van der Waals surface area (Å²) >= 11 is 2.50. The van der Waals surface area contributed by atoms with Crippen molar-refractivity contribution < 1.29 is 33.6 Å². The molecule has 3 heterocycles. The molecule has 1 saturated heterocycles. The maximum atomic E-state index is 10.8. The number of anilines is 1. The third-order valence-corrected chi connectivity index (χ3v) is 6.29. The van der Waals surface area contributed by atoms with Crippen molar-refractivity contribution in [3.05, 3.63) is 63.0 Å². The predicted octanol–water partition coefficient (Wildman–Crippen LogP) is -0.863. The molecule has 1 aliphatic heterocycles. The SMILES string of the molecule is NC(=O)c1cncs1.O=C([O-])c1cnc(C2CCN(c3ccccc3)CC2)s1.[Li+]. The Balaban J connectivity index is 0.000000283. The monoisotopic (exact) mass is 422 g/mol. The maximum absolute atomic E-state index is 10.8. The molecule has 0 atom stereocenters. The van der Waals surface area contributed by atoms with E-state index in [1.165, 1.54) is 40.8 Å². The number of benzene rings is 1. The van der Waals surface area contributed by atoms with E-state index in [1.54, 1.807) is 5.51 Å². The number of primary amides is 1. The van der Waals surface area contributed by atoms with Crippen LogP contribution in [0.15, 0.2) is 48.2 Å². The van der Waals surface area contributed by atoms with E-state index in [9.17, 15) is 14.7 Å². The van der Waals surface area contributed by atoms with Gasteiger partial charge in [-0.1, -0.05) is 18.2 Å². The fourth-order valence-electron chi connectivity index (χ4n) is 2.93. The molecule has 0 bridgehead atoms. The summed E-state index contributed by atoms with van der Waals surface area (Å²) in [5, 5.41) is 11.7. The van der Waals surface area contributed by atoms with E-state index in [1.807, 2.05) is 18.2 Å². The molecule has 1 amide bonds. The van der Waals surface area contributed by atoms with Crippen LogP contribution in [0.25, 0.3) is 0 Å². The topological polar surface area (TPSA) is 112 Å². The number of nitrogens with two attached hydrogens (primary N) is 1. The zero-order valence-electron chi connectivity index (χ0n) is 16.0. The van der Waals surface area contributed by atoms with E-state index in [2.05, 4.69) is 27.0 Å². The molecule has 1 aliphatic rings. The Kier molecular flexibility index (Phi) is 8.86. The molecule has 4 rings (SSSR count). The molecular weight excluding hydrogens is 403 g/mol. The number of carboxylic acid groups (broad SMARTS) is 1. The van der Waals surface area contributed by atoms with Gasteiger partial charge in [-0.25, -0.2) is 4.98 Å². The number of carboxylic acids is 1. The number of amides is 1. The summed E-state index contributed by atoms with van der Waals surface area (Å²) in [7, 11) is 0. The summed E-state index contributed by atoms with van der Waals surface area (Å²) in [4.78, 5) is 32.0. The Hall–Kier alpha value is -2.18. The summed E-state index contributed by atoms with van der Waals surface area (Å²) in [6.07, 6.45) is 4.88. The molecule has 2 aromatic heterocycles. The summed E-state index contributed by atoms with van der Waals surface area (Å²) in [6.45, 7) is 1.96. The van der Waals surface area contributed by atoms with Gasteiger partial charge in [0.1, 0.15) is 4.88 Å². The Bertz CT molecular complexity index is 911. The third-order valence-electron chi connectivity index (χ3n) is 4.37. The molecule has 146 valence electrons. The van der Waals surface area contributed by atoms with Gasteiger partial charge >= 0.3 is 18.9 Å². The second kappa shape index (κ2) is 11.1. The van der Waals surface area contributed by atoms with Gasteiger partial charge in [0.15, 0.2) is 0 Å². The number of rotatable bonds is 4. The maximum Gasteiger partial charge on any atom is 1.00 e. The van der Waals surface area contributed by atoms with Gasteiger partial charge < -0.3 is 20.5 Å². The van der Waals surface area contributed by atoms with Crippen molar-refractivity contribution in [2.24, 2.45) is 5.73 Å². The number of aromatic carboxylic acids is 1. The fraction of sp³-hybridized carbons (Fsp3) is 0.263. The van der Waals surface area contributed by atoms with Crippen LogP contribution >= 0.6 is 22.7 Å². The van der Waals surface area contributed by atoms with Crippen molar-refractivity contribution in [2.45, 2.75) is 18.8 Å². The third kappa shape index (κ3) is 6.41. The van der Waals surface area contributed by atoms with Gasteiger partial charge in [-0.2, -0.15) is 0 Å². The van der Waals surface area contributed by atoms with E-state index in [4.69, 9.17) is 5.73 Å². The molecule has 0 saturated carbocycles. The number of para-hydroxylation sites is 1. The van der Waals surface area contributed by atoms with Crippen molar-refractivity contribution in [1.82, 2.24) is 9.97 Å². The van der Waals surface area contributed by atoms with Gasteiger partial charge in [-0.15, -0.1) is 22.7 Å². The van der Waals surface area contributed by atoms with E-state index in [-0.39, 0.29) is 23.7 Å². The largest absolute Gasteiger partial charge is 1.00 e. The van der Waals surface area contributed by atoms with Gasteiger partial charge in [-0.3, -0.25) is 9.78 Å². The fourth-order valence-corrected chi connectivity index (χ4v) is 4.33. The van der Waals surface area contributed by atoms with Crippen LogP contribution in [-0.2, 0) is 0 Å². The second-order valence-electron chi connectivity index (χ2n) is 6.18. The minimum absolute atomic E-state index is 0. The molecule has 0 unspecified atom stereocenters. The number of carbonyl (C=O) groups is 2. The molecule has 0 spiro atoms. The Morgan fingerprint density at radius 2 is 1.79 bits per heavy atom. The molecule has 3 aromatic rings. The zero-order valence-corrected chi connectivity index (χ0v) is 17.6. The number of carbonyl (C=O) groups excluding carboxylic acids is 2. The molecule has 0 radical (unpaired) electrons. The molecule has 1 aromatic carbocycles. The molecule has 7 nitrogen and oxygen atoms in total. The zero-order chi connectivity index (χ0) is 19.9. The summed E-state index contributed by atoms with van der Waals surface area (Å²) < 4.78 is 0. The van der Waals surface area contributed by atoms with E-state index >= 15 is 0 Å². The summed E-state index contributed by atoms with van der Waals surface area (Å²) in [5.74, 6) is -1.17. The number of thiazole rings is 2. The van der Waals surface area contributed by atoms with Gasteiger partial charge in [0.2, 0.25) is 0 Å². The molecule has 0 aliphatic carbocycles. The molecular formula is C19H19LiN4O3S2. The molecule has 10 heteroatoms. The van der Waals surface area contributed by atoms with E-state index < -0.39 is 11.9 Å². The second-order valence-corrected chi connectivity index (χ2v) is 8.13. The van der Waals surface area contributed by atoms with Gasteiger partial charge in [0.25, 0.3) is 5.91 Å². The summed E-state index contributed by atoms with van der Waals surface area (Å²) in [6, 6.07) is 10.4. The van der Waals surface area contributed by atoms with Crippen molar-refractivity contribution in [1.29, 1.82) is 0 Å². The van der Waals surface area contributed by atoms with Crippen molar-refractivity contribution in [2.75, 3.05) is 18.0 Å². The smallest absolute Gasteiger partial charge is 0.544 e. The number of nitrogens with zero attached hydrogens (tertiary/aromatic N) is 3. The van der Waals surface area contributed by atoms with Gasteiger partial charge in [0, 0.05) is 30.9 Å². The number of hydrogen-bond acceptors (Lipinski definition) is 8. The predicted molar refractivity (Wildman–Crippen MR) is 108 cm³/mol. The number of hydrogen-bond donors (Lipinski definition) is 1. The van der Waals surface area contributed by atoms with Crippen molar-refractivity contribution >= 4 is 40.2 Å². The Morgan fingerprint density at radius 1 is 1.10 bits per heavy atom. The van der Waals surface area contributed by atoms with E-state index in [0.717, 1.165) is 30.9 Å². The Morgan fingerprint density at radius 3 is 2.28 bits per heavy atom. The first-order valence-electron chi connectivity index (χ1n) is 8.70. The minimum Gasteiger partial charge on any atom is -0.544 e. The summed E-state index contributed by atoms with van der Waals surface area (Å²) in [5.41, 5.74) is 7.71. The molecule has 1 fully saturated rings. The van der Waals surface area contributed by atoms with Gasteiger partial charge in [-0.05, 0) is 25.0 Å². The van der Waals surface area contributed by atoms with Crippen LogP contribution in [0.2, 0.25) is 0 Å². The molecule has 29 heavy (non-hydrogen) atoms. The normalized spacial score (nSPS) is 13.7. The first-order valence-corrected chi connectivity index (χ1v) is 10.4. The minimum atomic E-state index is -1.13. The standard InChI is InChI=1S/C15H16N2O2S.C4H4N2OS.Li/c18-15(19)13-10-16-14(20-13)11-6-8-17(9-7-11)12-4-2-1-3-5-12;5-4(7)3-1-6-2-8-3;/h1-5,10-11H,6-9H2,(H,18,19);1-2H,(H2,5,7);/q;;+1/p-1. The van der Waals surface area contributed by atoms with Crippen LogP contribution in [0.4, 0.5) is 5.69 Å². The van der Waals surface area contributed by atoms with Crippen LogP contribution in [0.3, 0.4) is 0 Å². The van der Waals surface area contributed by atoms with Crippen LogP contribution < -0.4 is 34.6 Å².